The molecule has 1 heterocycles. The number of nitro benzene ring substituents is 1. The number of hydrogen-bond acceptors (Lipinski definition) is 4. The molecular formula is C18H10FN3O3. The molecule has 0 radical (unpaired) electrons. The van der Waals surface area contributed by atoms with Gasteiger partial charge in [-0.2, -0.15) is 5.26 Å². The van der Waals surface area contributed by atoms with Gasteiger partial charge in [-0.15, -0.1) is 0 Å². The summed E-state index contributed by atoms with van der Waals surface area (Å²) in [7, 11) is 0. The van der Waals surface area contributed by atoms with Gasteiger partial charge >= 0.3 is 0 Å². The van der Waals surface area contributed by atoms with E-state index in [9.17, 15) is 24.6 Å². The van der Waals surface area contributed by atoms with E-state index in [0.29, 0.717) is 10.9 Å². The highest BCUT2D eigenvalue weighted by Gasteiger charge is 2.19. The van der Waals surface area contributed by atoms with Crippen LogP contribution in [0.25, 0.3) is 17.0 Å². The van der Waals surface area contributed by atoms with Gasteiger partial charge in [-0.05, 0) is 30.3 Å². The Labute approximate surface area is 141 Å². The monoisotopic (exact) mass is 335 g/mol. The molecule has 0 saturated carbocycles. The van der Waals surface area contributed by atoms with Gasteiger partial charge < -0.3 is 4.98 Å². The zero-order valence-corrected chi connectivity index (χ0v) is 12.7. The third kappa shape index (κ3) is 3.01. The summed E-state index contributed by atoms with van der Waals surface area (Å²) in [4.78, 5) is 25.9. The van der Waals surface area contributed by atoms with Crippen molar-refractivity contribution < 1.29 is 14.1 Å². The Hall–Kier alpha value is -3.79. The second-order valence-corrected chi connectivity index (χ2v) is 5.21. The van der Waals surface area contributed by atoms with Crippen LogP contribution in [0.2, 0.25) is 0 Å². The minimum absolute atomic E-state index is 0.156. The van der Waals surface area contributed by atoms with Crippen molar-refractivity contribution >= 4 is 28.4 Å². The number of Topliss-reactive ketones (excluding diaryl/α,β-unsaturated/α-hetero) is 1. The largest absolute Gasteiger partial charge is 0.360 e. The van der Waals surface area contributed by atoms with Crippen molar-refractivity contribution in [3.63, 3.8) is 0 Å². The molecule has 3 rings (SSSR count). The van der Waals surface area contributed by atoms with Crippen LogP contribution in [0.1, 0.15) is 15.9 Å². The fraction of sp³-hybridized carbons (Fsp3) is 0. The number of ketones is 1. The molecule has 0 spiro atoms. The van der Waals surface area contributed by atoms with Gasteiger partial charge in [0.2, 0.25) is 5.78 Å². The first-order chi connectivity index (χ1) is 12.0. The number of hydrogen-bond donors (Lipinski definition) is 1. The molecule has 0 atom stereocenters. The van der Waals surface area contributed by atoms with Crippen LogP contribution in [0.15, 0.2) is 54.2 Å². The van der Waals surface area contributed by atoms with Crippen molar-refractivity contribution in [2.24, 2.45) is 0 Å². The summed E-state index contributed by atoms with van der Waals surface area (Å²) in [6.07, 6.45) is 2.57. The van der Waals surface area contributed by atoms with Crippen LogP contribution in [-0.2, 0) is 0 Å². The fourth-order valence-corrected chi connectivity index (χ4v) is 2.51. The topological polar surface area (TPSA) is 99.8 Å². The average molecular weight is 335 g/mol. The van der Waals surface area contributed by atoms with E-state index in [4.69, 9.17) is 0 Å². The van der Waals surface area contributed by atoms with Crippen LogP contribution < -0.4 is 0 Å². The van der Waals surface area contributed by atoms with Crippen LogP contribution in [0, 0.1) is 27.3 Å². The van der Waals surface area contributed by atoms with Crippen LogP contribution in [-0.4, -0.2) is 15.7 Å². The van der Waals surface area contributed by atoms with Gasteiger partial charge in [0.1, 0.15) is 17.5 Å². The number of aromatic nitrogens is 1. The zero-order chi connectivity index (χ0) is 18.0. The SMILES string of the molecule is N#C/C(=C/c1ccccc1[N+](=O)[O-])C(=O)c1c[nH]c2cc(F)ccc12. The van der Waals surface area contributed by atoms with Crippen LogP contribution in [0.5, 0.6) is 0 Å². The minimum atomic E-state index is -0.599. The van der Waals surface area contributed by atoms with Crippen molar-refractivity contribution in [3.05, 3.63) is 81.3 Å². The summed E-state index contributed by atoms with van der Waals surface area (Å²) < 4.78 is 13.2. The molecule has 0 aliphatic rings. The molecule has 0 aliphatic carbocycles. The van der Waals surface area contributed by atoms with Crippen molar-refractivity contribution in [2.75, 3.05) is 0 Å². The van der Waals surface area contributed by atoms with Gasteiger partial charge in [0.15, 0.2) is 0 Å². The maximum atomic E-state index is 13.2. The van der Waals surface area contributed by atoms with E-state index in [2.05, 4.69) is 4.98 Å². The summed E-state index contributed by atoms with van der Waals surface area (Å²) in [6, 6.07) is 11.5. The molecule has 1 aromatic heterocycles. The first kappa shape index (κ1) is 16.1. The number of nitrogens with zero attached hydrogens (tertiary/aromatic N) is 2. The van der Waals surface area contributed by atoms with Gasteiger partial charge in [0.05, 0.1) is 10.5 Å². The molecule has 0 unspecified atom stereocenters. The molecule has 0 saturated heterocycles. The summed E-state index contributed by atoms with van der Waals surface area (Å²) in [5.41, 5.74) is 0.319. The van der Waals surface area contributed by atoms with Crippen molar-refractivity contribution in [2.45, 2.75) is 0 Å². The lowest BCUT2D eigenvalue weighted by atomic mass is 10.0. The molecular weight excluding hydrogens is 325 g/mol. The van der Waals surface area contributed by atoms with Crippen molar-refractivity contribution in [1.29, 1.82) is 5.26 Å². The Morgan fingerprint density at radius 1 is 1.28 bits per heavy atom. The molecule has 1 N–H and O–H groups in total. The highest BCUT2D eigenvalue weighted by molar-refractivity contribution is 6.20. The van der Waals surface area contributed by atoms with E-state index in [1.807, 2.05) is 0 Å². The van der Waals surface area contributed by atoms with Crippen molar-refractivity contribution in [3.8, 4) is 6.07 Å². The number of nitro groups is 1. The molecule has 6 nitrogen and oxygen atoms in total. The molecule has 0 amide bonds. The standard InChI is InChI=1S/C18H10FN3O3/c19-13-5-6-14-15(10-21-16(14)8-13)18(23)12(9-20)7-11-3-1-2-4-17(11)22(24)25/h1-8,10,21H/b12-7-. The van der Waals surface area contributed by atoms with E-state index in [0.717, 1.165) is 0 Å². The summed E-state index contributed by atoms with van der Waals surface area (Å²) in [5.74, 6) is -1.05. The molecule has 0 fully saturated rings. The molecule has 2 aromatic carbocycles. The number of halogens is 1. The molecule has 122 valence electrons. The van der Waals surface area contributed by atoms with E-state index in [1.54, 1.807) is 12.1 Å². The van der Waals surface area contributed by atoms with Gasteiger partial charge in [0, 0.05) is 28.7 Å². The lowest BCUT2D eigenvalue weighted by Gasteiger charge is -2.00. The number of rotatable bonds is 4. The molecule has 0 aliphatic heterocycles. The van der Waals surface area contributed by atoms with E-state index < -0.39 is 16.5 Å². The Balaban J connectivity index is 2.08. The summed E-state index contributed by atoms with van der Waals surface area (Å²) in [5, 5.41) is 20.9. The normalized spacial score (nSPS) is 11.3. The number of carbonyl (C=O) groups excluding carboxylic acids is 1. The maximum Gasteiger partial charge on any atom is 0.276 e. The van der Waals surface area contributed by atoms with E-state index in [1.165, 1.54) is 48.7 Å². The molecule has 0 bridgehead atoms. The van der Waals surface area contributed by atoms with E-state index in [-0.39, 0.29) is 22.4 Å². The minimum Gasteiger partial charge on any atom is -0.360 e. The number of carbonyl (C=O) groups is 1. The Kier molecular flexibility index (Phi) is 4.10. The quantitative estimate of drug-likeness (QED) is 0.256. The Morgan fingerprint density at radius 2 is 2.04 bits per heavy atom. The average Bonchev–Trinajstić information content (AvgIpc) is 3.02. The predicted molar refractivity (Wildman–Crippen MR) is 89.3 cm³/mol. The van der Waals surface area contributed by atoms with Crippen molar-refractivity contribution in [1.82, 2.24) is 4.98 Å². The van der Waals surface area contributed by atoms with Gasteiger partial charge in [-0.1, -0.05) is 12.1 Å². The predicted octanol–water partition coefficient (Wildman–Crippen LogP) is 4.01. The molecule has 3 aromatic rings. The van der Waals surface area contributed by atoms with E-state index >= 15 is 0 Å². The number of aromatic amines is 1. The van der Waals surface area contributed by atoms with Crippen LogP contribution in [0.3, 0.4) is 0 Å². The lowest BCUT2D eigenvalue weighted by Crippen LogP contribution is -2.01. The van der Waals surface area contributed by atoms with Crippen LogP contribution >= 0.6 is 0 Å². The summed E-state index contributed by atoms with van der Waals surface area (Å²) >= 11 is 0. The number of nitrogens with one attached hydrogen (secondary N) is 1. The Morgan fingerprint density at radius 3 is 2.76 bits per heavy atom. The third-order valence-electron chi connectivity index (χ3n) is 3.69. The zero-order valence-electron chi connectivity index (χ0n) is 12.7. The number of para-hydroxylation sites is 1. The number of fused-ring (bicyclic) bond motifs is 1. The first-order valence-corrected chi connectivity index (χ1v) is 7.18. The number of allylic oxidation sites excluding steroid dienone is 1. The van der Waals surface area contributed by atoms with Gasteiger partial charge in [-0.25, -0.2) is 4.39 Å². The molecule has 7 heteroatoms. The highest BCUT2D eigenvalue weighted by Crippen LogP contribution is 2.25. The number of H-pyrrole nitrogens is 1. The highest BCUT2D eigenvalue weighted by atomic mass is 19.1. The first-order valence-electron chi connectivity index (χ1n) is 7.18. The molecule has 25 heavy (non-hydrogen) atoms. The second-order valence-electron chi connectivity index (χ2n) is 5.21. The maximum absolute atomic E-state index is 13.2. The Bertz CT molecular complexity index is 1080. The smallest absolute Gasteiger partial charge is 0.276 e. The fourth-order valence-electron chi connectivity index (χ4n) is 2.51. The lowest BCUT2D eigenvalue weighted by molar-refractivity contribution is -0.385. The number of benzene rings is 2. The summed E-state index contributed by atoms with van der Waals surface area (Å²) in [6.45, 7) is 0. The third-order valence-corrected chi connectivity index (χ3v) is 3.69. The number of nitriles is 1. The van der Waals surface area contributed by atoms with Gasteiger partial charge in [0.25, 0.3) is 5.69 Å². The van der Waals surface area contributed by atoms with Gasteiger partial charge in [-0.3, -0.25) is 14.9 Å². The second kappa shape index (κ2) is 6.37. The van der Waals surface area contributed by atoms with Crippen LogP contribution in [0.4, 0.5) is 10.1 Å².